The number of anilines is 1. The molecule has 1 saturated carbocycles. The fourth-order valence-corrected chi connectivity index (χ4v) is 2.53. The largest absolute Gasteiger partial charge is 0.367 e. The molecule has 1 heterocycles. The highest BCUT2D eigenvalue weighted by Crippen LogP contribution is 2.37. The van der Waals surface area contributed by atoms with Crippen LogP contribution in [-0.2, 0) is 7.05 Å². The molecule has 84 valence electrons. The Kier molecular flexibility index (Phi) is 2.91. The molecule has 0 bridgehead atoms. The maximum atomic E-state index is 6.03. The summed E-state index contributed by atoms with van der Waals surface area (Å²) in [6.07, 6.45) is 7.15. The molecular weight excluding hydrogens is 210 g/mol. The van der Waals surface area contributed by atoms with Gasteiger partial charge in [-0.15, -0.1) is 0 Å². The molecule has 15 heavy (non-hydrogen) atoms. The highest BCUT2D eigenvalue weighted by molar-refractivity contribution is 6.32. The van der Waals surface area contributed by atoms with Gasteiger partial charge in [-0.2, -0.15) is 5.10 Å². The summed E-state index contributed by atoms with van der Waals surface area (Å²) < 4.78 is 1.74. The summed E-state index contributed by atoms with van der Waals surface area (Å²) in [4.78, 5) is 0. The molecular formula is C11H18ClN3. The van der Waals surface area contributed by atoms with E-state index in [1.54, 1.807) is 4.68 Å². The minimum Gasteiger partial charge on any atom is -0.367 e. The van der Waals surface area contributed by atoms with E-state index in [9.17, 15) is 0 Å². The Hall–Kier alpha value is -0.700. The van der Waals surface area contributed by atoms with Crippen LogP contribution in [-0.4, -0.2) is 16.3 Å². The Morgan fingerprint density at radius 2 is 2.20 bits per heavy atom. The van der Waals surface area contributed by atoms with Gasteiger partial charge >= 0.3 is 0 Å². The zero-order valence-electron chi connectivity index (χ0n) is 9.39. The van der Waals surface area contributed by atoms with Gasteiger partial charge in [0.25, 0.3) is 0 Å². The summed E-state index contributed by atoms with van der Waals surface area (Å²) in [6.45, 7) is 3.31. The minimum atomic E-state index is 0.431. The van der Waals surface area contributed by atoms with Crippen molar-refractivity contribution in [2.24, 2.45) is 12.5 Å². The first-order valence-electron chi connectivity index (χ1n) is 5.52. The van der Waals surface area contributed by atoms with Gasteiger partial charge in [-0.1, -0.05) is 31.4 Å². The van der Waals surface area contributed by atoms with Crippen LogP contribution in [0.1, 0.15) is 32.6 Å². The summed E-state index contributed by atoms with van der Waals surface area (Å²) in [5.74, 6) is 0.812. The average Bonchev–Trinajstić information content (AvgIpc) is 2.71. The molecule has 0 radical (unpaired) electrons. The zero-order valence-corrected chi connectivity index (χ0v) is 10.1. The molecule has 2 rings (SSSR count). The summed E-state index contributed by atoms with van der Waals surface area (Å²) in [6, 6.07) is 0. The van der Waals surface area contributed by atoms with E-state index < -0.39 is 0 Å². The Labute approximate surface area is 95.8 Å². The maximum absolute atomic E-state index is 6.03. The third-order valence-corrected chi connectivity index (χ3v) is 3.55. The summed E-state index contributed by atoms with van der Waals surface area (Å²) in [5, 5.41) is 8.34. The lowest BCUT2D eigenvalue weighted by molar-refractivity contribution is 0.361. The molecule has 0 saturated heterocycles. The third-order valence-electron chi connectivity index (χ3n) is 3.28. The second kappa shape index (κ2) is 4.05. The first-order valence-corrected chi connectivity index (χ1v) is 5.90. The van der Waals surface area contributed by atoms with Crippen LogP contribution in [0.5, 0.6) is 0 Å². The van der Waals surface area contributed by atoms with Gasteiger partial charge < -0.3 is 5.32 Å². The van der Waals surface area contributed by atoms with Crippen LogP contribution in [0.15, 0.2) is 6.20 Å². The molecule has 3 nitrogen and oxygen atoms in total. The van der Waals surface area contributed by atoms with E-state index in [0.717, 1.165) is 12.4 Å². The smallest absolute Gasteiger partial charge is 0.166 e. The molecule has 1 aromatic heterocycles. The van der Waals surface area contributed by atoms with Gasteiger partial charge in [0.15, 0.2) is 5.82 Å². The van der Waals surface area contributed by atoms with Gasteiger partial charge in [-0.05, 0) is 18.3 Å². The predicted molar refractivity (Wildman–Crippen MR) is 63.3 cm³/mol. The molecule has 1 fully saturated rings. The highest BCUT2D eigenvalue weighted by atomic mass is 35.5. The van der Waals surface area contributed by atoms with Crippen molar-refractivity contribution in [3.8, 4) is 0 Å². The topological polar surface area (TPSA) is 29.9 Å². The number of rotatable bonds is 3. The van der Waals surface area contributed by atoms with Crippen LogP contribution in [0.3, 0.4) is 0 Å². The van der Waals surface area contributed by atoms with Crippen molar-refractivity contribution in [1.82, 2.24) is 9.78 Å². The van der Waals surface area contributed by atoms with Crippen molar-refractivity contribution in [3.63, 3.8) is 0 Å². The fraction of sp³-hybridized carbons (Fsp3) is 0.727. The summed E-state index contributed by atoms with van der Waals surface area (Å²) in [5.41, 5.74) is 0.431. The van der Waals surface area contributed by atoms with Gasteiger partial charge in [0.05, 0.1) is 0 Å². The van der Waals surface area contributed by atoms with Crippen LogP contribution in [0, 0.1) is 5.41 Å². The summed E-state index contributed by atoms with van der Waals surface area (Å²) >= 11 is 6.03. The quantitative estimate of drug-likeness (QED) is 0.860. The van der Waals surface area contributed by atoms with Gasteiger partial charge in [-0.3, -0.25) is 4.68 Å². The van der Waals surface area contributed by atoms with E-state index in [4.69, 9.17) is 11.6 Å². The lowest BCUT2D eigenvalue weighted by atomic mass is 9.89. The molecule has 1 aliphatic rings. The lowest BCUT2D eigenvalue weighted by Gasteiger charge is -2.23. The van der Waals surface area contributed by atoms with Crippen LogP contribution in [0.2, 0.25) is 5.02 Å². The Bertz CT molecular complexity index is 340. The monoisotopic (exact) mass is 227 g/mol. The Morgan fingerprint density at radius 3 is 2.73 bits per heavy atom. The van der Waals surface area contributed by atoms with E-state index in [-0.39, 0.29) is 0 Å². The molecule has 0 aromatic carbocycles. The van der Waals surface area contributed by atoms with Crippen molar-refractivity contribution in [2.45, 2.75) is 32.6 Å². The van der Waals surface area contributed by atoms with E-state index >= 15 is 0 Å². The molecule has 4 heteroatoms. The second-order valence-electron chi connectivity index (χ2n) is 4.87. The van der Waals surface area contributed by atoms with Crippen LogP contribution >= 0.6 is 11.6 Å². The number of halogens is 1. The first kappa shape index (κ1) is 10.8. The SMILES string of the molecule is Cn1cc(Cl)c(NCC2(C)CCCC2)n1. The standard InChI is InChI=1S/C11H18ClN3/c1-11(5-3-4-6-11)8-13-10-9(12)7-15(2)14-10/h7H,3-6,8H2,1-2H3,(H,13,14). The minimum absolute atomic E-state index is 0.431. The lowest BCUT2D eigenvalue weighted by Crippen LogP contribution is -2.23. The maximum Gasteiger partial charge on any atom is 0.166 e. The van der Waals surface area contributed by atoms with Crippen molar-refractivity contribution < 1.29 is 0 Å². The van der Waals surface area contributed by atoms with E-state index in [0.29, 0.717) is 10.4 Å². The molecule has 0 atom stereocenters. The molecule has 1 aromatic rings. The molecule has 1 N–H and O–H groups in total. The zero-order chi connectivity index (χ0) is 10.9. The molecule has 0 spiro atoms. The first-order chi connectivity index (χ1) is 7.09. The third kappa shape index (κ3) is 2.46. The van der Waals surface area contributed by atoms with Gasteiger partial charge in [0, 0.05) is 19.8 Å². The van der Waals surface area contributed by atoms with Crippen molar-refractivity contribution in [2.75, 3.05) is 11.9 Å². The summed E-state index contributed by atoms with van der Waals surface area (Å²) in [7, 11) is 1.88. The number of hydrogen-bond acceptors (Lipinski definition) is 2. The van der Waals surface area contributed by atoms with E-state index in [1.165, 1.54) is 25.7 Å². The van der Waals surface area contributed by atoms with Crippen molar-refractivity contribution in [3.05, 3.63) is 11.2 Å². The average molecular weight is 228 g/mol. The second-order valence-corrected chi connectivity index (χ2v) is 5.28. The molecule has 0 aliphatic heterocycles. The van der Waals surface area contributed by atoms with Gasteiger partial charge in [0.1, 0.15) is 5.02 Å². The van der Waals surface area contributed by atoms with Gasteiger partial charge in [-0.25, -0.2) is 0 Å². The fourth-order valence-electron chi connectivity index (χ4n) is 2.28. The predicted octanol–water partition coefficient (Wildman–Crippen LogP) is 3.07. The van der Waals surface area contributed by atoms with Crippen molar-refractivity contribution >= 4 is 17.4 Å². The van der Waals surface area contributed by atoms with Crippen LogP contribution < -0.4 is 5.32 Å². The van der Waals surface area contributed by atoms with E-state index in [2.05, 4.69) is 17.3 Å². The Balaban J connectivity index is 1.95. The normalized spacial score (nSPS) is 19.4. The molecule has 0 unspecified atom stereocenters. The number of hydrogen-bond donors (Lipinski definition) is 1. The number of nitrogens with one attached hydrogen (secondary N) is 1. The molecule has 0 amide bonds. The molecule has 1 aliphatic carbocycles. The Morgan fingerprint density at radius 1 is 1.53 bits per heavy atom. The number of aromatic nitrogens is 2. The number of aryl methyl sites for hydroxylation is 1. The highest BCUT2D eigenvalue weighted by Gasteiger charge is 2.28. The van der Waals surface area contributed by atoms with E-state index in [1.807, 2.05) is 13.2 Å². The van der Waals surface area contributed by atoms with Gasteiger partial charge in [0.2, 0.25) is 0 Å². The van der Waals surface area contributed by atoms with Crippen LogP contribution in [0.4, 0.5) is 5.82 Å². The van der Waals surface area contributed by atoms with Crippen LogP contribution in [0.25, 0.3) is 0 Å². The van der Waals surface area contributed by atoms with Crippen molar-refractivity contribution in [1.29, 1.82) is 0 Å². The number of nitrogens with zero attached hydrogens (tertiary/aromatic N) is 2.